The third kappa shape index (κ3) is 3.28. The van der Waals surface area contributed by atoms with Gasteiger partial charge in [0, 0.05) is 23.7 Å². The van der Waals surface area contributed by atoms with Crippen LogP contribution in [0.5, 0.6) is 11.5 Å². The van der Waals surface area contributed by atoms with E-state index in [0.717, 1.165) is 5.56 Å². The number of nitro benzene ring substituents is 1. The molecule has 0 bridgehead atoms. The molecule has 0 aliphatic rings. The Labute approximate surface area is 125 Å². The van der Waals surface area contributed by atoms with Gasteiger partial charge in [-0.05, 0) is 23.8 Å². The van der Waals surface area contributed by atoms with Crippen LogP contribution in [0.4, 0.5) is 5.69 Å². The number of hydrogen-bond donors (Lipinski definition) is 1. The van der Waals surface area contributed by atoms with Gasteiger partial charge in [0.15, 0.2) is 0 Å². The molecule has 0 aliphatic heterocycles. The molecule has 2 N–H and O–H groups in total. The van der Waals surface area contributed by atoms with Crippen LogP contribution >= 0.6 is 11.6 Å². The topological polar surface area (TPSA) is 102 Å². The van der Waals surface area contributed by atoms with Gasteiger partial charge in [-0.1, -0.05) is 17.7 Å². The van der Waals surface area contributed by atoms with Gasteiger partial charge in [-0.3, -0.25) is 10.1 Å². The molecule has 0 radical (unpaired) electrons. The zero-order valence-electron chi connectivity index (χ0n) is 10.7. The van der Waals surface area contributed by atoms with Crippen molar-refractivity contribution in [3.63, 3.8) is 0 Å². The first kappa shape index (κ1) is 14.8. The predicted molar refractivity (Wildman–Crippen MR) is 77.2 cm³/mol. The van der Waals surface area contributed by atoms with Crippen molar-refractivity contribution in [3.8, 4) is 17.6 Å². The molecule has 0 atom stereocenters. The predicted octanol–water partition coefficient (Wildman–Crippen LogP) is 3.37. The molecule has 0 spiro atoms. The van der Waals surface area contributed by atoms with E-state index in [1.165, 1.54) is 18.2 Å². The Bertz CT molecular complexity index is 741. The van der Waals surface area contributed by atoms with Crippen LogP contribution in [0.3, 0.4) is 0 Å². The molecular formula is C14H10ClN3O3. The minimum atomic E-state index is -0.577. The Morgan fingerprint density at radius 3 is 2.67 bits per heavy atom. The molecule has 6 nitrogen and oxygen atoms in total. The fourth-order valence-corrected chi connectivity index (χ4v) is 1.88. The monoisotopic (exact) mass is 303 g/mol. The lowest BCUT2D eigenvalue weighted by Gasteiger charge is -2.09. The van der Waals surface area contributed by atoms with Crippen LogP contribution in [0.1, 0.15) is 11.1 Å². The maximum Gasteiger partial charge on any atom is 0.311 e. The van der Waals surface area contributed by atoms with Crippen molar-refractivity contribution >= 4 is 17.3 Å². The molecule has 0 saturated heterocycles. The number of nitrogens with two attached hydrogens (primary N) is 1. The van der Waals surface area contributed by atoms with Crippen LogP contribution in [0.2, 0.25) is 5.02 Å². The number of nitrogens with zero attached hydrogens (tertiary/aromatic N) is 2. The number of nitro groups is 1. The van der Waals surface area contributed by atoms with E-state index in [9.17, 15) is 10.1 Å². The summed E-state index contributed by atoms with van der Waals surface area (Å²) in [5.41, 5.74) is 6.28. The quantitative estimate of drug-likeness (QED) is 0.689. The van der Waals surface area contributed by atoms with Crippen LogP contribution in [-0.2, 0) is 6.54 Å². The van der Waals surface area contributed by atoms with Gasteiger partial charge in [-0.15, -0.1) is 0 Å². The first-order valence-electron chi connectivity index (χ1n) is 5.90. The lowest BCUT2D eigenvalue weighted by Crippen LogP contribution is -1.98. The number of nitriles is 1. The van der Waals surface area contributed by atoms with Gasteiger partial charge < -0.3 is 10.5 Å². The lowest BCUT2D eigenvalue weighted by atomic mass is 10.1. The van der Waals surface area contributed by atoms with Gasteiger partial charge in [0.05, 0.1) is 10.5 Å². The van der Waals surface area contributed by atoms with Crippen molar-refractivity contribution in [2.45, 2.75) is 6.54 Å². The molecule has 0 saturated carbocycles. The fourth-order valence-electron chi connectivity index (χ4n) is 1.72. The van der Waals surface area contributed by atoms with Gasteiger partial charge in [0.25, 0.3) is 0 Å². The normalized spacial score (nSPS) is 9.95. The van der Waals surface area contributed by atoms with E-state index in [-0.39, 0.29) is 29.3 Å². The van der Waals surface area contributed by atoms with Gasteiger partial charge in [0.2, 0.25) is 5.75 Å². The van der Waals surface area contributed by atoms with Gasteiger partial charge in [-0.25, -0.2) is 0 Å². The molecule has 2 aromatic carbocycles. The van der Waals surface area contributed by atoms with E-state index in [0.29, 0.717) is 5.02 Å². The summed E-state index contributed by atoms with van der Waals surface area (Å²) in [5, 5.41) is 20.4. The molecule has 0 fully saturated rings. The van der Waals surface area contributed by atoms with Crippen molar-refractivity contribution in [1.82, 2.24) is 0 Å². The number of hydrogen-bond acceptors (Lipinski definition) is 5. The molecule has 2 aromatic rings. The molecular weight excluding hydrogens is 294 g/mol. The largest absolute Gasteiger partial charge is 0.449 e. The zero-order chi connectivity index (χ0) is 15.4. The van der Waals surface area contributed by atoms with Gasteiger partial charge >= 0.3 is 5.69 Å². The van der Waals surface area contributed by atoms with Crippen LogP contribution in [0.25, 0.3) is 0 Å². The molecule has 0 heterocycles. The third-order valence-electron chi connectivity index (χ3n) is 2.74. The van der Waals surface area contributed by atoms with E-state index in [4.69, 9.17) is 27.3 Å². The summed E-state index contributed by atoms with van der Waals surface area (Å²) < 4.78 is 5.48. The van der Waals surface area contributed by atoms with E-state index >= 15 is 0 Å². The molecule has 106 valence electrons. The van der Waals surface area contributed by atoms with Crippen molar-refractivity contribution in [2.75, 3.05) is 0 Å². The summed E-state index contributed by atoms with van der Waals surface area (Å²) in [6.45, 7) is 0.284. The second-order valence-corrected chi connectivity index (χ2v) is 4.55. The molecule has 0 unspecified atom stereocenters. The molecule has 0 aliphatic carbocycles. The smallest absolute Gasteiger partial charge is 0.311 e. The van der Waals surface area contributed by atoms with Gasteiger partial charge in [0.1, 0.15) is 11.8 Å². The van der Waals surface area contributed by atoms with E-state index in [1.807, 2.05) is 6.07 Å². The Balaban J connectivity index is 2.45. The summed E-state index contributed by atoms with van der Waals surface area (Å²) in [5.74, 6) is 0.185. The third-order valence-corrected chi connectivity index (χ3v) is 2.97. The summed E-state index contributed by atoms with van der Waals surface area (Å²) in [6, 6.07) is 10.8. The van der Waals surface area contributed by atoms with Crippen molar-refractivity contribution in [2.24, 2.45) is 5.73 Å². The Kier molecular flexibility index (Phi) is 4.38. The second kappa shape index (κ2) is 6.22. The molecule has 2 rings (SSSR count). The zero-order valence-corrected chi connectivity index (χ0v) is 11.5. The molecule has 21 heavy (non-hydrogen) atoms. The Morgan fingerprint density at radius 1 is 1.29 bits per heavy atom. The highest BCUT2D eigenvalue weighted by molar-refractivity contribution is 6.30. The first-order chi connectivity index (χ1) is 10.0. The van der Waals surface area contributed by atoms with Crippen molar-refractivity contribution in [3.05, 3.63) is 62.7 Å². The standard InChI is InChI=1S/C14H10ClN3O3/c15-11-2-3-12(18(19)20)14(6-11)21-13-4-1-9(7-16)5-10(13)8-17/h1-6H,7,16H2. The highest BCUT2D eigenvalue weighted by atomic mass is 35.5. The Hall–Kier alpha value is -2.62. The van der Waals surface area contributed by atoms with Crippen LogP contribution in [0.15, 0.2) is 36.4 Å². The van der Waals surface area contributed by atoms with E-state index in [2.05, 4.69) is 0 Å². The highest BCUT2D eigenvalue weighted by Gasteiger charge is 2.17. The minimum Gasteiger partial charge on any atom is -0.449 e. The van der Waals surface area contributed by atoms with E-state index < -0.39 is 4.92 Å². The average Bonchev–Trinajstić information content (AvgIpc) is 2.47. The summed E-state index contributed by atoms with van der Waals surface area (Å²) in [7, 11) is 0. The number of rotatable bonds is 4. The second-order valence-electron chi connectivity index (χ2n) is 4.12. The highest BCUT2D eigenvalue weighted by Crippen LogP contribution is 2.35. The number of ether oxygens (including phenoxy) is 1. The van der Waals surface area contributed by atoms with Crippen LogP contribution in [-0.4, -0.2) is 4.92 Å². The number of benzene rings is 2. The van der Waals surface area contributed by atoms with E-state index in [1.54, 1.807) is 18.2 Å². The first-order valence-corrected chi connectivity index (χ1v) is 6.28. The SMILES string of the molecule is N#Cc1cc(CN)ccc1Oc1cc(Cl)ccc1[N+](=O)[O-]. The lowest BCUT2D eigenvalue weighted by molar-refractivity contribution is -0.385. The number of halogens is 1. The minimum absolute atomic E-state index is 0.0236. The van der Waals surface area contributed by atoms with Crippen molar-refractivity contribution < 1.29 is 9.66 Å². The fraction of sp³-hybridized carbons (Fsp3) is 0.0714. The van der Waals surface area contributed by atoms with Crippen molar-refractivity contribution in [1.29, 1.82) is 5.26 Å². The summed E-state index contributed by atoms with van der Waals surface area (Å²) in [6.07, 6.45) is 0. The summed E-state index contributed by atoms with van der Waals surface area (Å²) >= 11 is 5.82. The molecule has 7 heteroatoms. The van der Waals surface area contributed by atoms with Crippen LogP contribution < -0.4 is 10.5 Å². The maximum absolute atomic E-state index is 11.0. The van der Waals surface area contributed by atoms with Gasteiger partial charge in [-0.2, -0.15) is 5.26 Å². The summed E-state index contributed by atoms with van der Waals surface area (Å²) in [4.78, 5) is 10.4. The maximum atomic E-state index is 11.0. The molecule has 0 amide bonds. The van der Waals surface area contributed by atoms with Crippen LogP contribution in [0, 0.1) is 21.4 Å². The average molecular weight is 304 g/mol. The Morgan fingerprint density at radius 2 is 2.05 bits per heavy atom. The molecule has 0 aromatic heterocycles.